The van der Waals surface area contributed by atoms with Crippen molar-refractivity contribution in [2.24, 2.45) is 0 Å². The molecule has 10 nitrogen and oxygen atoms in total. The van der Waals surface area contributed by atoms with E-state index >= 15 is 0 Å². The second kappa shape index (κ2) is 17.2. The molecular weight excluding hydrogens is 661 g/mol. The average molecular weight is 703 g/mol. The Bertz CT molecular complexity index is 1600. The van der Waals surface area contributed by atoms with Crippen molar-refractivity contribution in [3.8, 4) is 5.75 Å². The summed E-state index contributed by atoms with van der Waals surface area (Å²) in [5.74, 6) is 0.704. The monoisotopic (exact) mass is 701 g/mol. The maximum absolute atomic E-state index is 11.4. The Kier molecular flexibility index (Phi) is 14.6. The van der Waals surface area contributed by atoms with Gasteiger partial charge in [0, 0.05) is 16.4 Å². The molecule has 0 amide bonds. The van der Waals surface area contributed by atoms with E-state index in [0.29, 0.717) is 22.5 Å². The first-order chi connectivity index (χ1) is 20.9. The molecule has 0 aliphatic rings. The van der Waals surface area contributed by atoms with Crippen molar-refractivity contribution in [2.75, 3.05) is 38.8 Å². The number of hydrogen-bond acceptors (Lipinski definition) is 8. The Morgan fingerprint density at radius 1 is 0.822 bits per heavy atom. The topological polar surface area (TPSA) is 173 Å². The predicted octanol–water partition coefficient (Wildman–Crippen LogP) is 6.94. The van der Waals surface area contributed by atoms with Crippen LogP contribution in [-0.4, -0.2) is 57.8 Å². The molecule has 3 aromatic rings. The molecule has 0 aliphatic carbocycles. The number of nitrogens with zero attached hydrogens (tertiary/aromatic N) is 1. The van der Waals surface area contributed by atoms with Gasteiger partial charge in [0.1, 0.15) is 20.8 Å². The summed E-state index contributed by atoms with van der Waals surface area (Å²) in [6.07, 6.45) is 10.4. The predicted molar refractivity (Wildman–Crippen MR) is 181 cm³/mol. The molecule has 0 bridgehead atoms. The summed E-state index contributed by atoms with van der Waals surface area (Å²) in [6, 6.07) is 12.8. The highest BCUT2D eigenvalue weighted by Gasteiger charge is 2.17. The van der Waals surface area contributed by atoms with Crippen molar-refractivity contribution in [1.29, 1.82) is 0 Å². The van der Waals surface area contributed by atoms with Gasteiger partial charge in [0.25, 0.3) is 10.1 Å². The quantitative estimate of drug-likeness (QED) is 0.0402. The normalized spacial score (nSPS) is 12.2. The highest BCUT2D eigenvalue weighted by atomic mass is 35.5. The molecular formula is C31H41Cl2N3O7S2. The SMILES string of the molecule is CCCCCCCC[N+](C)(C)COc1ccc(Cl)cc1Cl.Nc1ccc(/C=C/c2ccc(N)cc2S(=O)(=O)O)c(S(=O)(=O)[O-])c1. The van der Waals surface area contributed by atoms with Gasteiger partial charge < -0.3 is 20.8 Å². The van der Waals surface area contributed by atoms with E-state index in [0.717, 1.165) is 23.2 Å². The van der Waals surface area contributed by atoms with Gasteiger partial charge in [-0.05, 0) is 66.4 Å². The summed E-state index contributed by atoms with van der Waals surface area (Å²) >= 11 is 12.0. The van der Waals surface area contributed by atoms with E-state index in [1.54, 1.807) is 12.1 Å². The van der Waals surface area contributed by atoms with Gasteiger partial charge in [0.2, 0.25) is 6.73 Å². The minimum atomic E-state index is -4.77. The fourth-order valence-corrected chi connectivity index (χ4v) is 6.11. The van der Waals surface area contributed by atoms with Crippen LogP contribution in [0, 0.1) is 0 Å². The maximum atomic E-state index is 11.4. The molecule has 3 rings (SSSR count). The minimum Gasteiger partial charge on any atom is -0.744 e. The van der Waals surface area contributed by atoms with Gasteiger partial charge in [-0.2, -0.15) is 8.42 Å². The lowest BCUT2D eigenvalue weighted by Gasteiger charge is -2.29. The highest BCUT2D eigenvalue weighted by molar-refractivity contribution is 7.86. The molecule has 5 N–H and O–H groups in total. The molecule has 0 spiro atoms. The Balaban J connectivity index is 0.000000317. The molecule has 14 heteroatoms. The number of benzene rings is 3. The van der Waals surface area contributed by atoms with Crippen LogP contribution < -0.4 is 16.2 Å². The first-order valence-electron chi connectivity index (χ1n) is 14.2. The number of quaternary nitrogens is 1. The average Bonchev–Trinajstić information content (AvgIpc) is 2.93. The zero-order valence-corrected chi connectivity index (χ0v) is 28.7. The molecule has 248 valence electrons. The lowest BCUT2D eigenvalue weighted by molar-refractivity contribution is -0.905. The van der Waals surface area contributed by atoms with Crippen LogP contribution in [-0.2, 0) is 20.2 Å². The van der Waals surface area contributed by atoms with Crippen LogP contribution >= 0.6 is 23.2 Å². The van der Waals surface area contributed by atoms with Crippen LogP contribution in [0.15, 0.2) is 64.4 Å². The van der Waals surface area contributed by atoms with Crippen LogP contribution in [0.5, 0.6) is 5.75 Å². The van der Waals surface area contributed by atoms with Crippen LogP contribution in [0.1, 0.15) is 56.6 Å². The molecule has 0 heterocycles. The van der Waals surface area contributed by atoms with Crippen molar-refractivity contribution < 1.29 is 35.2 Å². The summed E-state index contributed by atoms with van der Waals surface area (Å²) < 4.78 is 72.6. The van der Waals surface area contributed by atoms with Gasteiger partial charge in [0.05, 0.1) is 30.6 Å². The number of unbranched alkanes of at least 4 members (excludes halogenated alkanes) is 5. The summed E-state index contributed by atoms with van der Waals surface area (Å²) in [7, 11) is -4.93. The summed E-state index contributed by atoms with van der Waals surface area (Å²) in [4.78, 5) is -0.983. The number of nitrogens with two attached hydrogens (primary N) is 2. The van der Waals surface area contributed by atoms with Gasteiger partial charge in [-0.25, -0.2) is 8.42 Å². The lowest BCUT2D eigenvalue weighted by atomic mass is 10.1. The van der Waals surface area contributed by atoms with Crippen molar-refractivity contribution in [3.05, 3.63) is 75.8 Å². The fourth-order valence-electron chi connectivity index (χ4n) is 4.22. The lowest BCUT2D eigenvalue weighted by Crippen LogP contribution is -2.43. The summed E-state index contributed by atoms with van der Waals surface area (Å²) in [6.45, 7) is 3.99. The smallest absolute Gasteiger partial charge is 0.295 e. The molecule has 0 saturated heterocycles. The molecule has 0 fully saturated rings. The van der Waals surface area contributed by atoms with Gasteiger partial charge in [-0.1, -0.05) is 80.1 Å². The Labute approximate surface area is 276 Å². The number of halogens is 2. The standard InChI is InChI=1S/C17H28Cl2NO.C14H14N2O6S2/c1-4-5-6-7-8-9-12-20(2,3)14-21-17-11-10-15(18)13-16(17)19;15-11-5-3-9(13(7-11)23(17,18)19)1-2-10-4-6-12(16)8-14(10)24(20,21)22/h10-11,13H,4-9,12,14H2,1-3H3;1-8H,15-16H2,(H,17,18,19)(H,20,21,22)/q+1;/p-1/b;2-1+. The largest absolute Gasteiger partial charge is 0.744 e. The van der Waals surface area contributed by atoms with Crippen LogP contribution in [0.25, 0.3) is 12.2 Å². The van der Waals surface area contributed by atoms with Gasteiger partial charge in [-0.3, -0.25) is 9.04 Å². The van der Waals surface area contributed by atoms with E-state index in [2.05, 4.69) is 21.0 Å². The van der Waals surface area contributed by atoms with Gasteiger partial charge >= 0.3 is 0 Å². The zero-order valence-electron chi connectivity index (χ0n) is 25.6. The first-order valence-corrected chi connectivity index (χ1v) is 17.8. The highest BCUT2D eigenvalue weighted by Crippen LogP contribution is 2.28. The molecule has 0 unspecified atom stereocenters. The number of anilines is 2. The molecule has 0 saturated carbocycles. The Morgan fingerprint density at radius 3 is 1.89 bits per heavy atom. The van der Waals surface area contributed by atoms with Gasteiger partial charge in [-0.15, -0.1) is 0 Å². The number of rotatable bonds is 14. The van der Waals surface area contributed by atoms with Crippen molar-refractivity contribution >= 4 is 67.0 Å². The summed E-state index contributed by atoms with van der Waals surface area (Å²) in [5, 5.41) is 1.20. The van der Waals surface area contributed by atoms with E-state index in [1.165, 1.54) is 74.9 Å². The molecule has 0 radical (unpaired) electrons. The second-order valence-electron chi connectivity index (χ2n) is 11.1. The number of nitrogen functional groups attached to an aromatic ring is 2. The minimum absolute atomic E-state index is 0.0253. The molecule has 3 aromatic carbocycles. The summed E-state index contributed by atoms with van der Waals surface area (Å²) in [5.41, 5.74) is 11.3. The van der Waals surface area contributed by atoms with E-state index in [4.69, 9.17) is 39.4 Å². The molecule has 0 atom stereocenters. The third-order valence-corrected chi connectivity index (χ3v) is 8.98. The molecule has 45 heavy (non-hydrogen) atoms. The van der Waals surface area contributed by atoms with Crippen LogP contribution in [0.3, 0.4) is 0 Å². The first kappa shape index (κ1) is 38.3. The van der Waals surface area contributed by atoms with E-state index < -0.39 is 30.0 Å². The zero-order chi connectivity index (χ0) is 33.8. The number of hydrogen-bond donors (Lipinski definition) is 3. The van der Waals surface area contributed by atoms with E-state index in [-0.39, 0.29) is 22.5 Å². The molecule has 0 aromatic heterocycles. The van der Waals surface area contributed by atoms with Crippen molar-refractivity contribution in [2.45, 2.75) is 55.2 Å². The van der Waals surface area contributed by atoms with Crippen molar-refractivity contribution in [3.63, 3.8) is 0 Å². The fraction of sp³-hybridized carbons (Fsp3) is 0.355. The van der Waals surface area contributed by atoms with Crippen LogP contribution in [0.4, 0.5) is 11.4 Å². The third-order valence-electron chi connectivity index (χ3n) is 6.65. The Hall–Kier alpha value is -2.84. The Morgan fingerprint density at radius 2 is 1.36 bits per heavy atom. The van der Waals surface area contributed by atoms with Crippen molar-refractivity contribution in [1.82, 2.24) is 0 Å². The van der Waals surface area contributed by atoms with E-state index in [1.807, 2.05) is 6.07 Å². The second-order valence-corrected chi connectivity index (χ2v) is 14.7. The van der Waals surface area contributed by atoms with E-state index in [9.17, 15) is 25.9 Å². The maximum Gasteiger partial charge on any atom is 0.295 e. The number of ether oxygens (including phenoxy) is 1. The van der Waals surface area contributed by atoms with Crippen LogP contribution in [0.2, 0.25) is 10.0 Å². The molecule has 0 aliphatic heterocycles. The third kappa shape index (κ3) is 13.6. The van der Waals surface area contributed by atoms with Gasteiger partial charge in [0.15, 0.2) is 0 Å².